The number of carbonyl (C=O) groups is 1. The number of ether oxygens (including phenoxy) is 1. The van der Waals surface area contributed by atoms with Gasteiger partial charge in [0.2, 0.25) is 5.91 Å². The molecular weight excluding hydrogens is 310 g/mol. The van der Waals surface area contributed by atoms with Crippen LogP contribution in [-0.2, 0) is 9.53 Å². The summed E-state index contributed by atoms with van der Waals surface area (Å²) in [4.78, 5) is 11.8. The monoisotopic (exact) mass is 323 g/mol. The van der Waals surface area contributed by atoms with Gasteiger partial charge in [0.15, 0.2) is 0 Å². The molecule has 1 heterocycles. The third-order valence-corrected chi connectivity index (χ3v) is 3.42. The van der Waals surface area contributed by atoms with Crippen LogP contribution in [0.25, 0.3) is 0 Å². The largest absolute Gasteiger partial charge is 0.363 e. The lowest BCUT2D eigenvalue weighted by Crippen LogP contribution is -2.59. The maximum absolute atomic E-state index is 11.8. The SMILES string of the molecule is CC1(OCC(=O)Nc2cc(Br)ccc2C#N)CNC1. The van der Waals surface area contributed by atoms with Crippen LogP contribution in [0.1, 0.15) is 12.5 Å². The standard InChI is InChI=1S/C13H14BrN3O2/c1-13(7-16-8-13)19-6-12(18)17-11-4-10(14)3-2-9(11)5-15/h2-4,16H,6-8H2,1H3,(H,17,18). The number of rotatable bonds is 4. The Labute approximate surface area is 120 Å². The molecule has 0 bridgehead atoms. The number of benzene rings is 1. The third kappa shape index (κ3) is 3.53. The van der Waals surface area contributed by atoms with Crippen molar-refractivity contribution in [3.63, 3.8) is 0 Å². The summed E-state index contributed by atoms with van der Waals surface area (Å²) in [5.41, 5.74) is 0.655. The zero-order valence-corrected chi connectivity index (χ0v) is 12.1. The van der Waals surface area contributed by atoms with E-state index in [2.05, 4.69) is 26.6 Å². The Hall–Kier alpha value is -1.42. The fraction of sp³-hybridized carbons (Fsp3) is 0.385. The number of nitrogens with one attached hydrogen (secondary N) is 2. The molecule has 0 radical (unpaired) electrons. The highest BCUT2D eigenvalue weighted by Crippen LogP contribution is 2.21. The summed E-state index contributed by atoms with van der Waals surface area (Å²) in [6, 6.07) is 7.14. The molecule has 1 fully saturated rings. The molecule has 0 atom stereocenters. The molecule has 6 heteroatoms. The fourth-order valence-electron chi connectivity index (χ4n) is 1.72. The van der Waals surface area contributed by atoms with Gasteiger partial charge in [0.25, 0.3) is 0 Å². The minimum absolute atomic E-state index is 0.0183. The van der Waals surface area contributed by atoms with Crippen molar-refractivity contribution in [2.24, 2.45) is 0 Å². The van der Waals surface area contributed by atoms with Gasteiger partial charge >= 0.3 is 0 Å². The van der Waals surface area contributed by atoms with E-state index in [1.165, 1.54) is 0 Å². The minimum Gasteiger partial charge on any atom is -0.363 e. The fourth-order valence-corrected chi connectivity index (χ4v) is 2.08. The lowest BCUT2D eigenvalue weighted by molar-refractivity contribution is -0.130. The molecule has 0 aliphatic carbocycles. The van der Waals surface area contributed by atoms with Gasteiger partial charge in [-0.25, -0.2) is 0 Å². The zero-order valence-electron chi connectivity index (χ0n) is 10.5. The van der Waals surface area contributed by atoms with Crippen LogP contribution >= 0.6 is 15.9 Å². The van der Waals surface area contributed by atoms with Gasteiger partial charge in [-0.2, -0.15) is 5.26 Å². The average Bonchev–Trinajstić information content (AvgIpc) is 2.34. The lowest BCUT2D eigenvalue weighted by atomic mass is 10.0. The first kappa shape index (κ1) is 14.0. The predicted molar refractivity (Wildman–Crippen MR) is 74.7 cm³/mol. The van der Waals surface area contributed by atoms with Crippen LogP contribution in [0.3, 0.4) is 0 Å². The van der Waals surface area contributed by atoms with Gasteiger partial charge < -0.3 is 15.4 Å². The van der Waals surface area contributed by atoms with Crippen LogP contribution in [0.4, 0.5) is 5.69 Å². The second kappa shape index (κ2) is 5.70. The van der Waals surface area contributed by atoms with Crippen molar-refractivity contribution in [2.75, 3.05) is 25.0 Å². The van der Waals surface area contributed by atoms with Gasteiger partial charge in [0.05, 0.1) is 16.9 Å². The zero-order chi connectivity index (χ0) is 13.9. The molecular formula is C13H14BrN3O2. The number of nitrogens with zero attached hydrogens (tertiary/aromatic N) is 1. The molecule has 0 spiro atoms. The van der Waals surface area contributed by atoms with E-state index in [1.807, 2.05) is 13.0 Å². The number of halogens is 1. The maximum atomic E-state index is 11.8. The van der Waals surface area contributed by atoms with E-state index in [0.717, 1.165) is 17.6 Å². The highest BCUT2D eigenvalue weighted by Gasteiger charge is 2.33. The summed E-state index contributed by atoms with van der Waals surface area (Å²) < 4.78 is 6.34. The van der Waals surface area contributed by atoms with Crippen LogP contribution in [0.2, 0.25) is 0 Å². The summed E-state index contributed by atoms with van der Waals surface area (Å²) in [5, 5.41) is 14.8. The molecule has 1 aliphatic heterocycles. The van der Waals surface area contributed by atoms with E-state index in [4.69, 9.17) is 10.00 Å². The molecule has 1 amide bonds. The third-order valence-electron chi connectivity index (χ3n) is 2.93. The van der Waals surface area contributed by atoms with E-state index in [1.54, 1.807) is 18.2 Å². The Balaban J connectivity index is 1.95. The number of amides is 1. The van der Waals surface area contributed by atoms with Crippen LogP contribution in [0.5, 0.6) is 0 Å². The number of nitriles is 1. The summed E-state index contributed by atoms with van der Waals surface area (Å²) in [5.74, 6) is -0.261. The van der Waals surface area contributed by atoms with Gasteiger partial charge in [-0.05, 0) is 25.1 Å². The van der Waals surface area contributed by atoms with Crippen molar-refractivity contribution in [3.8, 4) is 6.07 Å². The van der Waals surface area contributed by atoms with Crippen molar-refractivity contribution in [2.45, 2.75) is 12.5 Å². The van der Waals surface area contributed by atoms with Crippen LogP contribution in [0, 0.1) is 11.3 Å². The first-order valence-electron chi connectivity index (χ1n) is 5.87. The number of hydrogen-bond acceptors (Lipinski definition) is 4. The molecule has 19 heavy (non-hydrogen) atoms. The molecule has 1 aromatic carbocycles. The van der Waals surface area contributed by atoms with Gasteiger partial charge in [-0.15, -0.1) is 0 Å². The summed E-state index contributed by atoms with van der Waals surface area (Å²) in [6.45, 7) is 3.44. The summed E-state index contributed by atoms with van der Waals surface area (Å²) >= 11 is 3.31. The first-order valence-corrected chi connectivity index (χ1v) is 6.66. The van der Waals surface area contributed by atoms with E-state index in [0.29, 0.717) is 11.3 Å². The smallest absolute Gasteiger partial charge is 0.250 e. The van der Waals surface area contributed by atoms with E-state index in [9.17, 15) is 4.79 Å². The van der Waals surface area contributed by atoms with Crippen molar-refractivity contribution < 1.29 is 9.53 Å². The lowest BCUT2D eigenvalue weighted by Gasteiger charge is -2.38. The molecule has 1 aliphatic rings. The van der Waals surface area contributed by atoms with E-state index < -0.39 is 0 Å². The molecule has 5 nitrogen and oxygen atoms in total. The van der Waals surface area contributed by atoms with Crippen LogP contribution in [-0.4, -0.2) is 31.2 Å². The van der Waals surface area contributed by atoms with Crippen molar-refractivity contribution >= 4 is 27.5 Å². The molecule has 0 unspecified atom stereocenters. The van der Waals surface area contributed by atoms with E-state index >= 15 is 0 Å². The van der Waals surface area contributed by atoms with Gasteiger partial charge in [-0.1, -0.05) is 15.9 Å². The summed E-state index contributed by atoms with van der Waals surface area (Å²) in [7, 11) is 0. The van der Waals surface area contributed by atoms with Gasteiger partial charge in [0.1, 0.15) is 12.7 Å². The average molecular weight is 324 g/mol. The Morgan fingerprint density at radius 3 is 2.95 bits per heavy atom. The highest BCUT2D eigenvalue weighted by atomic mass is 79.9. The quantitative estimate of drug-likeness (QED) is 0.883. The number of hydrogen-bond donors (Lipinski definition) is 2. The molecule has 0 aromatic heterocycles. The normalized spacial score (nSPS) is 16.3. The van der Waals surface area contributed by atoms with Crippen molar-refractivity contribution in [1.29, 1.82) is 5.26 Å². The minimum atomic E-state index is -0.261. The Kier molecular flexibility index (Phi) is 4.20. The highest BCUT2D eigenvalue weighted by molar-refractivity contribution is 9.10. The van der Waals surface area contributed by atoms with Crippen LogP contribution < -0.4 is 10.6 Å². The Morgan fingerprint density at radius 2 is 2.37 bits per heavy atom. The second-order valence-electron chi connectivity index (χ2n) is 4.69. The molecule has 100 valence electrons. The second-order valence-corrected chi connectivity index (χ2v) is 5.61. The Morgan fingerprint density at radius 1 is 1.63 bits per heavy atom. The van der Waals surface area contributed by atoms with Crippen molar-refractivity contribution in [3.05, 3.63) is 28.2 Å². The molecule has 1 aromatic rings. The Bertz CT molecular complexity index is 535. The predicted octanol–water partition coefficient (Wildman–Crippen LogP) is 1.64. The van der Waals surface area contributed by atoms with E-state index in [-0.39, 0.29) is 18.1 Å². The van der Waals surface area contributed by atoms with Crippen LogP contribution in [0.15, 0.2) is 22.7 Å². The number of anilines is 1. The molecule has 2 N–H and O–H groups in total. The molecule has 2 rings (SSSR count). The van der Waals surface area contributed by atoms with Crippen molar-refractivity contribution in [1.82, 2.24) is 5.32 Å². The van der Waals surface area contributed by atoms with Gasteiger partial charge in [0, 0.05) is 17.6 Å². The topological polar surface area (TPSA) is 74.1 Å². The molecule has 1 saturated heterocycles. The summed E-state index contributed by atoms with van der Waals surface area (Å²) in [6.07, 6.45) is 0. The van der Waals surface area contributed by atoms with Gasteiger partial charge in [-0.3, -0.25) is 4.79 Å². The first-order chi connectivity index (χ1) is 9.02. The molecule has 0 saturated carbocycles. The number of carbonyl (C=O) groups excluding carboxylic acids is 1. The maximum Gasteiger partial charge on any atom is 0.250 e.